The zero-order valence-electron chi connectivity index (χ0n) is 10.9. The van der Waals surface area contributed by atoms with Crippen LogP contribution in [0.4, 0.5) is 0 Å². The molecule has 0 amide bonds. The lowest BCUT2D eigenvalue weighted by atomic mass is 10.2. The number of hydrogen-bond donors (Lipinski definition) is 0. The lowest BCUT2D eigenvalue weighted by Gasteiger charge is -2.08. The van der Waals surface area contributed by atoms with Gasteiger partial charge in [-0.15, -0.1) is 0 Å². The summed E-state index contributed by atoms with van der Waals surface area (Å²) in [6.45, 7) is 1.97. The summed E-state index contributed by atoms with van der Waals surface area (Å²) in [5, 5.41) is 0. The Morgan fingerprint density at radius 2 is 1.65 bits per heavy atom. The molecule has 2 rings (SSSR count). The number of benzene rings is 2. The number of rotatable bonds is 3. The van der Waals surface area contributed by atoms with Crippen molar-refractivity contribution in [2.75, 3.05) is 7.11 Å². The van der Waals surface area contributed by atoms with Gasteiger partial charge in [0.25, 0.3) is 0 Å². The Labute approximate surface area is 134 Å². The Hall–Kier alpha value is -1.33. The molecule has 0 fully saturated rings. The van der Waals surface area contributed by atoms with Crippen LogP contribution in [0.3, 0.4) is 0 Å². The Morgan fingerprint density at radius 1 is 1.00 bits per heavy atom. The summed E-state index contributed by atoms with van der Waals surface area (Å²) in [6.07, 6.45) is 0. The molecule has 2 aromatic carbocycles. The van der Waals surface area contributed by atoms with Gasteiger partial charge in [0.2, 0.25) is 0 Å². The fourth-order valence-electron chi connectivity index (χ4n) is 1.64. The van der Waals surface area contributed by atoms with Crippen LogP contribution in [-0.4, -0.2) is 13.1 Å². The predicted octanol–water partition coefficient (Wildman–Crippen LogP) is 4.75. The first-order valence-electron chi connectivity index (χ1n) is 5.83. The minimum absolute atomic E-state index is 0.419. The van der Waals surface area contributed by atoms with Crippen molar-refractivity contribution in [1.82, 2.24) is 0 Å². The van der Waals surface area contributed by atoms with Crippen LogP contribution < -0.4 is 9.47 Å². The van der Waals surface area contributed by atoms with Gasteiger partial charge in [0.1, 0.15) is 11.5 Å². The number of methoxy groups -OCH3 is 1. The zero-order valence-corrected chi connectivity index (χ0v) is 14.1. The maximum Gasteiger partial charge on any atom is 0.343 e. The Bertz CT molecular complexity index is 654. The maximum absolute atomic E-state index is 12.1. The minimum Gasteiger partial charge on any atom is -0.496 e. The van der Waals surface area contributed by atoms with E-state index in [1.807, 2.05) is 19.1 Å². The summed E-state index contributed by atoms with van der Waals surface area (Å²) in [6, 6.07) is 10.6. The topological polar surface area (TPSA) is 35.5 Å². The number of hydrogen-bond acceptors (Lipinski definition) is 3. The van der Waals surface area contributed by atoms with Gasteiger partial charge in [-0.1, -0.05) is 6.07 Å². The molecule has 0 spiro atoms. The fraction of sp³-hybridized carbons (Fsp3) is 0.133. The monoisotopic (exact) mass is 398 g/mol. The summed E-state index contributed by atoms with van der Waals surface area (Å²) in [4.78, 5) is 12.1. The third-order valence-electron chi connectivity index (χ3n) is 2.68. The van der Waals surface area contributed by atoms with E-state index in [2.05, 4.69) is 31.9 Å². The number of halogens is 2. The molecular weight excluding hydrogens is 388 g/mol. The second-order valence-corrected chi connectivity index (χ2v) is 5.88. The van der Waals surface area contributed by atoms with Crippen LogP contribution in [0, 0.1) is 6.92 Å². The van der Waals surface area contributed by atoms with Gasteiger partial charge in [-0.05, 0) is 74.7 Å². The molecule has 104 valence electrons. The van der Waals surface area contributed by atoms with Gasteiger partial charge in [-0.3, -0.25) is 0 Å². The Balaban J connectivity index is 2.21. The van der Waals surface area contributed by atoms with E-state index in [1.165, 1.54) is 0 Å². The molecule has 0 saturated heterocycles. The highest BCUT2D eigenvalue weighted by atomic mass is 79.9. The second-order valence-electron chi connectivity index (χ2n) is 4.17. The summed E-state index contributed by atoms with van der Waals surface area (Å²) in [5.41, 5.74) is 1.54. The van der Waals surface area contributed by atoms with Gasteiger partial charge in [0, 0.05) is 0 Å². The highest BCUT2D eigenvalue weighted by molar-refractivity contribution is 9.10. The fourth-order valence-corrected chi connectivity index (χ4v) is 2.76. The molecule has 20 heavy (non-hydrogen) atoms. The van der Waals surface area contributed by atoms with Crippen LogP contribution in [0.2, 0.25) is 0 Å². The number of aryl methyl sites for hydroxylation is 1. The summed E-state index contributed by atoms with van der Waals surface area (Å²) >= 11 is 6.72. The molecular formula is C15H12Br2O3. The van der Waals surface area contributed by atoms with E-state index in [0.29, 0.717) is 21.5 Å². The van der Waals surface area contributed by atoms with Crippen LogP contribution in [0.25, 0.3) is 0 Å². The molecule has 0 N–H and O–H groups in total. The third-order valence-corrected chi connectivity index (χ3v) is 3.92. The van der Waals surface area contributed by atoms with Crippen molar-refractivity contribution in [2.24, 2.45) is 0 Å². The molecule has 0 atom stereocenters. The van der Waals surface area contributed by atoms with Crippen molar-refractivity contribution in [1.29, 1.82) is 0 Å². The van der Waals surface area contributed by atoms with Gasteiger partial charge in [-0.25, -0.2) is 4.79 Å². The number of esters is 1. The number of carbonyl (C=O) groups excluding carboxylic acids is 1. The maximum atomic E-state index is 12.1. The Kier molecular flexibility index (Phi) is 4.83. The van der Waals surface area contributed by atoms with Crippen LogP contribution in [0.15, 0.2) is 45.3 Å². The van der Waals surface area contributed by atoms with Crippen molar-refractivity contribution in [2.45, 2.75) is 6.92 Å². The average Bonchev–Trinajstić information content (AvgIpc) is 2.41. The largest absolute Gasteiger partial charge is 0.496 e. The molecule has 0 aliphatic heterocycles. The predicted molar refractivity (Wildman–Crippen MR) is 84.5 cm³/mol. The molecule has 0 unspecified atom stereocenters. The van der Waals surface area contributed by atoms with Gasteiger partial charge in [0.05, 0.1) is 21.6 Å². The first-order chi connectivity index (χ1) is 9.51. The van der Waals surface area contributed by atoms with Gasteiger partial charge in [0.15, 0.2) is 0 Å². The highest BCUT2D eigenvalue weighted by Crippen LogP contribution is 2.28. The van der Waals surface area contributed by atoms with Crippen molar-refractivity contribution in [3.63, 3.8) is 0 Å². The molecule has 3 nitrogen and oxygen atoms in total. The summed E-state index contributed by atoms with van der Waals surface area (Å²) in [7, 11) is 1.57. The normalized spacial score (nSPS) is 10.2. The molecule has 2 aromatic rings. The van der Waals surface area contributed by atoms with Crippen molar-refractivity contribution in [3.8, 4) is 11.5 Å². The average molecular weight is 400 g/mol. The van der Waals surface area contributed by atoms with Crippen molar-refractivity contribution in [3.05, 3.63) is 56.5 Å². The first kappa shape index (κ1) is 15.1. The summed E-state index contributed by atoms with van der Waals surface area (Å²) < 4.78 is 11.9. The van der Waals surface area contributed by atoms with Crippen molar-refractivity contribution < 1.29 is 14.3 Å². The van der Waals surface area contributed by atoms with Gasteiger partial charge in [-0.2, -0.15) is 0 Å². The molecule has 0 aliphatic carbocycles. The Morgan fingerprint density at radius 3 is 2.25 bits per heavy atom. The zero-order chi connectivity index (χ0) is 14.7. The van der Waals surface area contributed by atoms with Crippen LogP contribution in [0.5, 0.6) is 11.5 Å². The third kappa shape index (κ3) is 3.41. The van der Waals surface area contributed by atoms with E-state index in [4.69, 9.17) is 9.47 Å². The van der Waals surface area contributed by atoms with E-state index in [-0.39, 0.29) is 0 Å². The van der Waals surface area contributed by atoms with E-state index >= 15 is 0 Å². The first-order valence-corrected chi connectivity index (χ1v) is 7.41. The highest BCUT2D eigenvalue weighted by Gasteiger charge is 2.13. The van der Waals surface area contributed by atoms with E-state index in [9.17, 15) is 4.79 Å². The smallest absolute Gasteiger partial charge is 0.343 e. The van der Waals surface area contributed by atoms with Gasteiger partial charge < -0.3 is 9.47 Å². The lowest BCUT2D eigenvalue weighted by Crippen LogP contribution is -2.09. The molecule has 0 radical (unpaired) electrons. The SMILES string of the molecule is COc1ccc(C(=O)Oc2ccc(C)cc2Br)cc1Br. The standard InChI is InChI=1S/C15H12Br2O3/c1-9-3-5-14(11(16)7-9)20-15(18)10-4-6-13(19-2)12(17)8-10/h3-8H,1-2H3. The van der Waals surface area contributed by atoms with E-state index in [0.717, 1.165) is 10.0 Å². The van der Waals surface area contributed by atoms with Crippen molar-refractivity contribution >= 4 is 37.8 Å². The summed E-state index contributed by atoms with van der Waals surface area (Å²) in [5.74, 6) is 0.739. The quantitative estimate of drug-likeness (QED) is 0.551. The molecule has 5 heteroatoms. The second kappa shape index (κ2) is 6.41. The van der Waals surface area contributed by atoms with Crippen LogP contribution >= 0.6 is 31.9 Å². The van der Waals surface area contributed by atoms with Crippen LogP contribution in [-0.2, 0) is 0 Å². The van der Waals surface area contributed by atoms with E-state index in [1.54, 1.807) is 31.4 Å². The molecule has 0 aromatic heterocycles. The van der Waals surface area contributed by atoms with E-state index < -0.39 is 5.97 Å². The molecule has 0 heterocycles. The van der Waals surface area contributed by atoms with Crippen LogP contribution in [0.1, 0.15) is 15.9 Å². The minimum atomic E-state index is -0.419. The molecule has 0 bridgehead atoms. The molecule has 0 saturated carbocycles. The number of carbonyl (C=O) groups is 1. The lowest BCUT2D eigenvalue weighted by molar-refractivity contribution is 0.0733. The molecule has 0 aliphatic rings. The van der Waals surface area contributed by atoms with Gasteiger partial charge >= 0.3 is 5.97 Å². The number of ether oxygens (including phenoxy) is 2.